The van der Waals surface area contributed by atoms with Crippen molar-refractivity contribution in [2.45, 2.75) is 25.6 Å². The molecule has 1 heterocycles. The number of methoxy groups -OCH3 is 1. The summed E-state index contributed by atoms with van der Waals surface area (Å²) in [6.45, 7) is 3.00. The Hall–Kier alpha value is -1.56. The molecule has 21 heavy (non-hydrogen) atoms. The van der Waals surface area contributed by atoms with Crippen molar-refractivity contribution in [3.63, 3.8) is 0 Å². The van der Waals surface area contributed by atoms with Crippen molar-refractivity contribution in [1.29, 1.82) is 0 Å². The fraction of sp³-hybridized carbons (Fsp3) is 0.533. The lowest BCUT2D eigenvalue weighted by Gasteiger charge is -2.38. The number of rotatable bonds is 3. The third-order valence-corrected chi connectivity index (χ3v) is 3.99. The van der Waals surface area contributed by atoms with Gasteiger partial charge in [0.2, 0.25) is 0 Å². The maximum atomic E-state index is 13.2. The molecule has 0 radical (unpaired) electrons. The van der Waals surface area contributed by atoms with E-state index in [1.165, 1.54) is 12.1 Å². The van der Waals surface area contributed by atoms with Crippen molar-refractivity contribution in [2.24, 2.45) is 5.92 Å². The number of piperidine rings is 1. The van der Waals surface area contributed by atoms with E-state index in [1.807, 2.05) is 6.92 Å². The number of ether oxygens (including phenoxy) is 1. The van der Waals surface area contributed by atoms with Crippen LogP contribution in [0.4, 0.5) is 18.9 Å². The van der Waals surface area contributed by atoms with E-state index >= 15 is 0 Å². The van der Waals surface area contributed by atoms with E-state index in [9.17, 15) is 18.0 Å². The minimum Gasteiger partial charge on any atom is -0.379 e. The summed E-state index contributed by atoms with van der Waals surface area (Å²) >= 11 is 0. The minimum atomic E-state index is -4.49. The van der Waals surface area contributed by atoms with Crippen LogP contribution in [0.5, 0.6) is 0 Å². The van der Waals surface area contributed by atoms with Gasteiger partial charge in [-0.15, -0.1) is 0 Å². The Balaban J connectivity index is 2.37. The first-order chi connectivity index (χ1) is 9.86. The molecule has 2 rings (SSSR count). The molecular weight excluding hydrogens is 283 g/mol. The van der Waals surface area contributed by atoms with Crippen molar-refractivity contribution in [3.8, 4) is 0 Å². The van der Waals surface area contributed by atoms with Gasteiger partial charge >= 0.3 is 6.18 Å². The van der Waals surface area contributed by atoms with Gasteiger partial charge in [-0.1, -0.05) is 6.92 Å². The molecule has 2 unspecified atom stereocenters. The first-order valence-electron chi connectivity index (χ1n) is 6.81. The molecule has 1 aromatic carbocycles. The standard InChI is InChI=1S/C15H18F3NO2/c1-10-5-6-19(8-14(10)21-2)13-4-3-11(9-20)7-12(13)15(16,17)18/h3-4,7,9-10,14H,5-6,8H2,1-2H3. The number of benzene rings is 1. The first-order valence-corrected chi connectivity index (χ1v) is 6.81. The molecule has 1 saturated heterocycles. The Morgan fingerprint density at radius 1 is 1.38 bits per heavy atom. The zero-order valence-electron chi connectivity index (χ0n) is 12.0. The van der Waals surface area contributed by atoms with Crippen LogP contribution in [0, 0.1) is 5.92 Å². The first kappa shape index (κ1) is 15.8. The Labute approximate surface area is 121 Å². The zero-order chi connectivity index (χ0) is 15.6. The highest BCUT2D eigenvalue weighted by atomic mass is 19.4. The van der Waals surface area contributed by atoms with Gasteiger partial charge in [-0.3, -0.25) is 4.79 Å². The molecule has 0 N–H and O–H groups in total. The van der Waals surface area contributed by atoms with Crippen molar-refractivity contribution < 1.29 is 22.7 Å². The van der Waals surface area contributed by atoms with Gasteiger partial charge in [0.15, 0.2) is 0 Å². The number of hydrogen-bond acceptors (Lipinski definition) is 3. The molecule has 3 nitrogen and oxygen atoms in total. The lowest BCUT2D eigenvalue weighted by Crippen LogP contribution is -2.44. The normalized spacial score (nSPS) is 23.2. The second-order valence-electron chi connectivity index (χ2n) is 5.38. The van der Waals surface area contributed by atoms with Crippen molar-refractivity contribution in [3.05, 3.63) is 29.3 Å². The second-order valence-corrected chi connectivity index (χ2v) is 5.38. The molecule has 6 heteroatoms. The van der Waals surface area contributed by atoms with Crippen LogP contribution in [0.25, 0.3) is 0 Å². The van der Waals surface area contributed by atoms with Gasteiger partial charge in [-0.2, -0.15) is 13.2 Å². The predicted octanol–water partition coefficient (Wildman–Crippen LogP) is 3.38. The quantitative estimate of drug-likeness (QED) is 0.802. The summed E-state index contributed by atoms with van der Waals surface area (Å²) in [5.74, 6) is 0.315. The summed E-state index contributed by atoms with van der Waals surface area (Å²) in [6, 6.07) is 3.69. The molecule has 0 saturated carbocycles. The van der Waals surface area contributed by atoms with Crippen LogP contribution in [0.1, 0.15) is 29.3 Å². The van der Waals surface area contributed by atoms with E-state index < -0.39 is 11.7 Å². The lowest BCUT2D eigenvalue weighted by atomic mass is 9.94. The average molecular weight is 301 g/mol. The molecule has 2 atom stereocenters. The summed E-state index contributed by atoms with van der Waals surface area (Å²) in [5, 5.41) is 0. The summed E-state index contributed by atoms with van der Waals surface area (Å²) < 4.78 is 45.0. The van der Waals surface area contributed by atoms with Gasteiger partial charge in [-0.05, 0) is 30.5 Å². The Kier molecular flexibility index (Phi) is 4.56. The maximum absolute atomic E-state index is 13.2. The molecule has 0 aromatic heterocycles. The Bertz CT molecular complexity index is 516. The number of aldehydes is 1. The molecule has 116 valence electrons. The molecule has 1 aliphatic heterocycles. The Morgan fingerprint density at radius 2 is 2.10 bits per heavy atom. The molecule has 1 aromatic rings. The van der Waals surface area contributed by atoms with Crippen molar-refractivity contribution in [1.82, 2.24) is 0 Å². The monoisotopic (exact) mass is 301 g/mol. The highest BCUT2D eigenvalue weighted by Gasteiger charge is 2.37. The summed E-state index contributed by atoms with van der Waals surface area (Å²) in [4.78, 5) is 12.4. The molecular formula is C15H18F3NO2. The van der Waals surface area contributed by atoms with Gasteiger partial charge in [0.25, 0.3) is 0 Å². The summed E-state index contributed by atoms with van der Waals surface area (Å²) in [6.07, 6.45) is -3.38. The van der Waals surface area contributed by atoms with Crippen LogP contribution >= 0.6 is 0 Å². The van der Waals surface area contributed by atoms with Gasteiger partial charge < -0.3 is 9.64 Å². The zero-order valence-corrected chi connectivity index (χ0v) is 12.0. The highest BCUT2D eigenvalue weighted by Crippen LogP contribution is 2.38. The number of carbonyl (C=O) groups is 1. The number of halogens is 3. The average Bonchev–Trinajstić information content (AvgIpc) is 2.46. The van der Waals surface area contributed by atoms with Crippen LogP contribution in [-0.4, -0.2) is 32.6 Å². The third-order valence-electron chi connectivity index (χ3n) is 3.99. The number of nitrogens with zero attached hydrogens (tertiary/aromatic N) is 1. The molecule has 0 aliphatic carbocycles. The summed E-state index contributed by atoms with van der Waals surface area (Å²) in [7, 11) is 1.57. The number of alkyl halides is 3. The Morgan fingerprint density at radius 3 is 2.67 bits per heavy atom. The van der Waals surface area contributed by atoms with Crippen LogP contribution in [0.2, 0.25) is 0 Å². The minimum absolute atomic E-state index is 0.0275. The van der Waals surface area contributed by atoms with Crippen LogP contribution in [-0.2, 0) is 10.9 Å². The van der Waals surface area contributed by atoms with E-state index in [1.54, 1.807) is 12.0 Å². The SMILES string of the molecule is COC1CN(c2ccc(C=O)cc2C(F)(F)F)CCC1C. The number of hydrogen-bond donors (Lipinski definition) is 0. The van der Waals surface area contributed by atoms with Crippen molar-refractivity contribution >= 4 is 12.0 Å². The van der Waals surface area contributed by atoms with E-state index in [0.29, 0.717) is 25.3 Å². The van der Waals surface area contributed by atoms with Crippen LogP contribution in [0.15, 0.2) is 18.2 Å². The van der Waals surface area contributed by atoms with Gasteiger partial charge in [0.1, 0.15) is 6.29 Å². The maximum Gasteiger partial charge on any atom is 0.418 e. The topological polar surface area (TPSA) is 29.5 Å². The van der Waals surface area contributed by atoms with E-state index in [0.717, 1.165) is 12.5 Å². The largest absolute Gasteiger partial charge is 0.418 e. The smallest absolute Gasteiger partial charge is 0.379 e. The molecule has 0 bridgehead atoms. The van der Waals surface area contributed by atoms with E-state index in [4.69, 9.17) is 4.74 Å². The molecule has 0 spiro atoms. The van der Waals surface area contributed by atoms with E-state index in [2.05, 4.69) is 0 Å². The van der Waals surface area contributed by atoms with Gasteiger partial charge in [-0.25, -0.2) is 0 Å². The highest BCUT2D eigenvalue weighted by molar-refractivity contribution is 5.77. The fourth-order valence-electron chi connectivity index (χ4n) is 2.69. The predicted molar refractivity (Wildman–Crippen MR) is 73.6 cm³/mol. The number of carbonyl (C=O) groups excluding carboxylic acids is 1. The molecule has 1 fully saturated rings. The molecule has 1 aliphatic rings. The third kappa shape index (κ3) is 3.37. The van der Waals surface area contributed by atoms with Gasteiger partial charge in [0, 0.05) is 31.5 Å². The second kappa shape index (κ2) is 6.05. The van der Waals surface area contributed by atoms with Crippen LogP contribution in [0.3, 0.4) is 0 Å². The lowest BCUT2D eigenvalue weighted by molar-refractivity contribution is -0.137. The molecule has 0 amide bonds. The number of anilines is 1. The van der Waals surface area contributed by atoms with Crippen LogP contribution < -0.4 is 4.90 Å². The fourth-order valence-corrected chi connectivity index (χ4v) is 2.69. The summed E-state index contributed by atoms with van der Waals surface area (Å²) in [5.41, 5.74) is -0.627. The van der Waals surface area contributed by atoms with E-state index in [-0.39, 0.29) is 17.4 Å². The van der Waals surface area contributed by atoms with Crippen molar-refractivity contribution in [2.75, 3.05) is 25.1 Å². The van der Waals surface area contributed by atoms with Gasteiger partial charge in [0.05, 0.1) is 11.7 Å².